The summed E-state index contributed by atoms with van der Waals surface area (Å²) in [5.41, 5.74) is 9.33. The van der Waals surface area contributed by atoms with Crippen LogP contribution in [0.5, 0.6) is 0 Å². The van der Waals surface area contributed by atoms with E-state index in [1.165, 1.54) is 31.3 Å². The standard InChI is InChI=1S/C30H33GeN2S.C11H8N.Ir/c1-19(2)22-11-10-12-23(20(3)4)29(22)33-27-14-9-8-13-26(27)32-30(33)25-18-34-28-16-15-21(17-24(25)28)31(5,6)7;1-2-6-10(7-3-1)11-8-4-5-9-12-11;/h8-17,19-20H,1-7H3;1-6,8-9H;/q2*-1;. The molecule has 241 valence electrons. The minimum atomic E-state index is -1.98. The Hall–Kier alpha value is -3.35. The van der Waals surface area contributed by atoms with Crippen LogP contribution < -0.4 is 4.40 Å². The van der Waals surface area contributed by atoms with E-state index < -0.39 is 13.3 Å². The number of benzene rings is 4. The molecule has 3 heterocycles. The maximum atomic E-state index is 5.23. The molecule has 4 aromatic carbocycles. The van der Waals surface area contributed by atoms with E-state index in [0.29, 0.717) is 11.8 Å². The van der Waals surface area contributed by atoms with Crippen molar-refractivity contribution >= 4 is 50.1 Å². The zero-order valence-electron chi connectivity index (χ0n) is 28.1. The molecule has 3 aromatic heterocycles. The third-order valence-corrected chi connectivity index (χ3v) is 13.5. The molecule has 0 amide bonds. The number of para-hydroxylation sites is 3. The van der Waals surface area contributed by atoms with Gasteiger partial charge >= 0.3 is 211 Å². The fourth-order valence-electron chi connectivity index (χ4n) is 5.87. The first kappa shape index (κ1) is 35.0. The molecule has 0 unspecified atom stereocenters. The Balaban J connectivity index is 0.000000280. The quantitative estimate of drug-likeness (QED) is 0.123. The minimum absolute atomic E-state index is 0. The van der Waals surface area contributed by atoms with Gasteiger partial charge in [0, 0.05) is 26.3 Å². The van der Waals surface area contributed by atoms with E-state index in [4.69, 9.17) is 4.98 Å². The van der Waals surface area contributed by atoms with Crippen LogP contribution in [0.4, 0.5) is 0 Å². The first-order chi connectivity index (χ1) is 22.1. The van der Waals surface area contributed by atoms with E-state index in [0.717, 1.165) is 33.7 Å². The fraction of sp³-hybridized carbons (Fsp3) is 0.220. The second-order valence-electron chi connectivity index (χ2n) is 13.4. The topological polar surface area (TPSA) is 30.7 Å². The average molecular weight is 873 g/mol. The molecule has 1 radical (unpaired) electrons. The number of hydrogen-bond acceptors (Lipinski definition) is 3. The largest absolute Gasteiger partial charge is 0.305 e. The fourth-order valence-corrected chi connectivity index (χ4v) is 9.13. The van der Waals surface area contributed by atoms with Gasteiger partial charge in [0.25, 0.3) is 0 Å². The van der Waals surface area contributed by atoms with Crippen molar-refractivity contribution in [2.24, 2.45) is 0 Å². The summed E-state index contributed by atoms with van der Waals surface area (Å²) in [6.45, 7) is 9.15. The van der Waals surface area contributed by atoms with E-state index >= 15 is 0 Å². The third-order valence-electron chi connectivity index (χ3n) is 8.38. The van der Waals surface area contributed by atoms with Gasteiger partial charge in [0.2, 0.25) is 0 Å². The van der Waals surface area contributed by atoms with Crippen LogP contribution in [0.3, 0.4) is 0 Å². The normalized spacial score (nSPS) is 11.5. The second-order valence-corrected chi connectivity index (χ2v) is 24.9. The summed E-state index contributed by atoms with van der Waals surface area (Å²) < 4.78 is 5.22. The Morgan fingerprint density at radius 2 is 1.47 bits per heavy atom. The van der Waals surface area contributed by atoms with Crippen LogP contribution in [-0.2, 0) is 20.1 Å². The zero-order chi connectivity index (χ0) is 32.4. The summed E-state index contributed by atoms with van der Waals surface area (Å²) >= 11 is -0.270. The van der Waals surface area contributed by atoms with Crippen molar-refractivity contribution < 1.29 is 20.1 Å². The number of fused-ring (bicyclic) bond motifs is 2. The van der Waals surface area contributed by atoms with Crippen LogP contribution in [0.2, 0.25) is 17.3 Å². The number of aromatic nitrogens is 3. The van der Waals surface area contributed by atoms with E-state index in [9.17, 15) is 0 Å². The Bertz CT molecular complexity index is 2030. The van der Waals surface area contributed by atoms with Crippen LogP contribution in [0.15, 0.2) is 109 Å². The number of nitrogens with zero attached hydrogens (tertiary/aromatic N) is 3. The van der Waals surface area contributed by atoms with Crippen molar-refractivity contribution in [3.8, 4) is 28.3 Å². The first-order valence-electron chi connectivity index (χ1n) is 16.1. The van der Waals surface area contributed by atoms with Gasteiger partial charge in [0.15, 0.2) is 0 Å². The van der Waals surface area contributed by atoms with Gasteiger partial charge in [0.05, 0.1) is 0 Å². The van der Waals surface area contributed by atoms with Gasteiger partial charge in [-0.15, -0.1) is 35.9 Å². The molecular formula is C41H41GeIrN3S-2. The Morgan fingerprint density at radius 1 is 0.766 bits per heavy atom. The Kier molecular flexibility index (Phi) is 11.0. The molecule has 0 spiro atoms. The molecule has 0 aliphatic rings. The third kappa shape index (κ3) is 7.39. The molecule has 0 bridgehead atoms. The van der Waals surface area contributed by atoms with E-state index in [2.05, 4.69) is 127 Å². The smallest absolute Gasteiger partial charge is 0.0160 e. The Morgan fingerprint density at radius 3 is 2.11 bits per heavy atom. The summed E-state index contributed by atoms with van der Waals surface area (Å²) in [7, 11) is 0. The van der Waals surface area contributed by atoms with Crippen molar-refractivity contribution in [1.82, 2.24) is 14.5 Å². The average Bonchev–Trinajstić information content (AvgIpc) is 3.66. The number of pyridine rings is 1. The molecular weight excluding hydrogens is 831 g/mol. The van der Waals surface area contributed by atoms with Crippen molar-refractivity contribution in [2.45, 2.75) is 56.8 Å². The van der Waals surface area contributed by atoms with Crippen molar-refractivity contribution in [2.75, 3.05) is 0 Å². The predicted octanol–water partition coefficient (Wildman–Crippen LogP) is 11.0. The number of thiophene rings is 1. The molecule has 6 heteroatoms. The summed E-state index contributed by atoms with van der Waals surface area (Å²) in [6.07, 6.45) is 1.79. The predicted molar refractivity (Wildman–Crippen MR) is 200 cm³/mol. The molecule has 7 rings (SSSR count). The molecule has 0 fully saturated rings. The van der Waals surface area contributed by atoms with Crippen molar-refractivity contribution in [3.05, 3.63) is 132 Å². The second kappa shape index (κ2) is 14.8. The van der Waals surface area contributed by atoms with Gasteiger partial charge in [-0.3, -0.25) is 0 Å². The molecule has 0 aliphatic heterocycles. The zero-order valence-corrected chi connectivity index (χ0v) is 33.4. The molecule has 0 saturated heterocycles. The van der Waals surface area contributed by atoms with Crippen LogP contribution >= 0.6 is 11.3 Å². The van der Waals surface area contributed by atoms with Crippen LogP contribution in [0, 0.1) is 11.4 Å². The maximum Gasteiger partial charge on any atom is 0.0160 e. The van der Waals surface area contributed by atoms with Crippen LogP contribution in [0.1, 0.15) is 50.7 Å². The monoisotopic (exact) mass is 874 g/mol. The summed E-state index contributed by atoms with van der Waals surface area (Å²) in [5, 5.41) is 4.94. The molecule has 3 nitrogen and oxygen atoms in total. The molecule has 0 saturated carbocycles. The van der Waals surface area contributed by atoms with E-state index in [1.54, 1.807) is 17.5 Å². The summed E-state index contributed by atoms with van der Waals surface area (Å²) in [5.74, 6) is 9.19. The van der Waals surface area contributed by atoms with Gasteiger partial charge in [-0.05, 0) is 11.8 Å². The van der Waals surface area contributed by atoms with Crippen molar-refractivity contribution in [1.29, 1.82) is 0 Å². The van der Waals surface area contributed by atoms with Gasteiger partial charge in [-0.25, -0.2) is 0 Å². The molecule has 47 heavy (non-hydrogen) atoms. The summed E-state index contributed by atoms with van der Waals surface area (Å²) in [6, 6.07) is 39.2. The molecule has 0 aliphatic carbocycles. The SMILES string of the molecule is CC(C)c1cccc(C(C)C)c1-n1c(-c2[c-]sc3cc[c]([Ge]([CH3])([CH3])[CH3])cc23)nc2ccccc21.[Ir].[c-]1ccccc1-c1ccccn1. The van der Waals surface area contributed by atoms with E-state index in [1.807, 2.05) is 42.5 Å². The minimum Gasteiger partial charge on any atom is -0.305 e. The number of hydrogen-bond donors (Lipinski definition) is 0. The first-order valence-corrected chi connectivity index (χ1v) is 24.2. The van der Waals surface area contributed by atoms with Crippen LogP contribution in [0.25, 0.3) is 49.5 Å². The van der Waals surface area contributed by atoms with Crippen molar-refractivity contribution in [3.63, 3.8) is 0 Å². The number of rotatable bonds is 6. The van der Waals surface area contributed by atoms with Gasteiger partial charge in [-0.2, -0.15) is 0 Å². The van der Waals surface area contributed by atoms with E-state index in [-0.39, 0.29) is 20.1 Å². The van der Waals surface area contributed by atoms with Gasteiger partial charge < -0.3 is 4.98 Å². The number of imidazole rings is 1. The summed E-state index contributed by atoms with van der Waals surface area (Å²) in [4.78, 5) is 9.45. The van der Waals surface area contributed by atoms with Gasteiger partial charge in [0.1, 0.15) is 0 Å². The molecule has 0 N–H and O–H groups in total. The molecule has 0 atom stereocenters. The maximum absolute atomic E-state index is 5.23. The molecule has 7 aromatic rings. The van der Waals surface area contributed by atoms with Crippen LogP contribution in [-0.4, -0.2) is 27.8 Å². The van der Waals surface area contributed by atoms with Gasteiger partial charge in [-0.1, -0.05) is 12.1 Å². The Labute approximate surface area is 299 Å².